The number of nitrogens with one attached hydrogen (secondary N) is 1. The van der Waals surface area contributed by atoms with Crippen LogP contribution in [0.1, 0.15) is 16.1 Å². The summed E-state index contributed by atoms with van der Waals surface area (Å²) in [7, 11) is 1.64. The maximum Gasteiger partial charge on any atom is 0.270 e. The minimum absolute atomic E-state index is 0.195. The van der Waals surface area contributed by atoms with Gasteiger partial charge in [0.15, 0.2) is 0 Å². The first-order chi connectivity index (χ1) is 12.3. The molecule has 1 amide bonds. The zero-order chi connectivity index (χ0) is 17.5. The Bertz CT molecular complexity index is 717. The summed E-state index contributed by atoms with van der Waals surface area (Å²) in [6.07, 6.45) is 2.35. The third kappa shape index (κ3) is 4.67. The molecule has 1 saturated heterocycles. The van der Waals surface area contributed by atoms with Gasteiger partial charge >= 0.3 is 0 Å². The van der Waals surface area contributed by atoms with Crippen molar-refractivity contribution in [1.82, 2.24) is 15.3 Å². The molecule has 7 nitrogen and oxygen atoms in total. The van der Waals surface area contributed by atoms with Crippen LogP contribution in [-0.4, -0.2) is 55.8 Å². The molecule has 0 aliphatic carbocycles. The second kappa shape index (κ2) is 8.43. The van der Waals surface area contributed by atoms with E-state index in [0.717, 1.165) is 30.8 Å². The predicted molar refractivity (Wildman–Crippen MR) is 94.1 cm³/mol. The van der Waals surface area contributed by atoms with Gasteiger partial charge < -0.3 is 19.7 Å². The Morgan fingerprint density at radius 2 is 2.16 bits per heavy atom. The number of ether oxygens (including phenoxy) is 2. The number of carbonyl (C=O) groups excluding carboxylic acids is 1. The van der Waals surface area contributed by atoms with Gasteiger partial charge in [-0.15, -0.1) is 0 Å². The molecule has 0 bridgehead atoms. The van der Waals surface area contributed by atoms with Crippen LogP contribution in [0.5, 0.6) is 5.75 Å². The Hall–Kier alpha value is -2.67. The molecule has 3 rings (SSSR count). The number of anilines is 1. The molecular formula is C18H22N4O3. The summed E-state index contributed by atoms with van der Waals surface area (Å²) in [4.78, 5) is 23.0. The molecular weight excluding hydrogens is 320 g/mol. The van der Waals surface area contributed by atoms with Crippen LogP contribution < -0.4 is 15.0 Å². The lowest BCUT2D eigenvalue weighted by molar-refractivity contribution is 0.0949. The molecule has 2 heterocycles. The lowest BCUT2D eigenvalue weighted by atomic mass is 10.1. The highest BCUT2D eigenvalue weighted by molar-refractivity contribution is 5.92. The number of benzene rings is 1. The molecule has 2 aromatic rings. The molecule has 25 heavy (non-hydrogen) atoms. The number of nitrogens with zero attached hydrogens (tertiary/aromatic N) is 3. The third-order valence-electron chi connectivity index (χ3n) is 4.00. The van der Waals surface area contributed by atoms with Gasteiger partial charge in [0.05, 0.1) is 20.3 Å². The van der Waals surface area contributed by atoms with Gasteiger partial charge in [0, 0.05) is 25.8 Å². The van der Waals surface area contributed by atoms with Crippen molar-refractivity contribution in [1.29, 1.82) is 0 Å². The molecule has 0 unspecified atom stereocenters. The van der Waals surface area contributed by atoms with E-state index in [4.69, 9.17) is 9.47 Å². The summed E-state index contributed by atoms with van der Waals surface area (Å²) in [5.74, 6) is 1.19. The highest BCUT2D eigenvalue weighted by Crippen LogP contribution is 2.13. The number of methoxy groups -OCH3 is 1. The zero-order valence-electron chi connectivity index (χ0n) is 14.3. The Morgan fingerprint density at radius 3 is 2.96 bits per heavy atom. The van der Waals surface area contributed by atoms with E-state index in [1.807, 2.05) is 29.2 Å². The SMILES string of the molecule is COc1cccc(CCNC(=O)c2ccnc(N3CCOCC3)n2)c1. The highest BCUT2D eigenvalue weighted by Gasteiger charge is 2.16. The van der Waals surface area contributed by atoms with E-state index in [2.05, 4.69) is 15.3 Å². The van der Waals surface area contributed by atoms with Gasteiger partial charge in [0.1, 0.15) is 11.4 Å². The Kier molecular flexibility index (Phi) is 5.79. The number of rotatable bonds is 6. The second-order valence-electron chi connectivity index (χ2n) is 5.70. The van der Waals surface area contributed by atoms with Gasteiger partial charge in [0.25, 0.3) is 5.91 Å². The monoisotopic (exact) mass is 342 g/mol. The number of amides is 1. The van der Waals surface area contributed by atoms with Gasteiger partial charge in [-0.2, -0.15) is 0 Å². The normalized spacial score (nSPS) is 14.2. The van der Waals surface area contributed by atoms with Crippen molar-refractivity contribution in [2.75, 3.05) is 44.9 Å². The standard InChI is InChI=1S/C18H22N4O3/c1-24-15-4-2-3-14(13-15)5-7-19-17(23)16-6-8-20-18(21-16)22-9-11-25-12-10-22/h2-4,6,8,13H,5,7,9-12H2,1H3,(H,19,23). The molecule has 1 N–H and O–H groups in total. The van der Waals surface area contributed by atoms with Crippen molar-refractivity contribution in [2.24, 2.45) is 0 Å². The first-order valence-corrected chi connectivity index (χ1v) is 8.33. The van der Waals surface area contributed by atoms with Crippen molar-refractivity contribution in [3.8, 4) is 5.75 Å². The summed E-state index contributed by atoms with van der Waals surface area (Å²) in [5.41, 5.74) is 1.48. The summed E-state index contributed by atoms with van der Waals surface area (Å²) < 4.78 is 10.5. The molecule has 1 aliphatic rings. The topological polar surface area (TPSA) is 76.6 Å². The van der Waals surface area contributed by atoms with Crippen molar-refractivity contribution in [2.45, 2.75) is 6.42 Å². The first kappa shape index (κ1) is 17.2. The number of hydrogen-bond donors (Lipinski definition) is 1. The fraction of sp³-hybridized carbons (Fsp3) is 0.389. The van der Waals surface area contributed by atoms with Gasteiger partial charge in [-0.25, -0.2) is 9.97 Å². The fourth-order valence-electron chi connectivity index (χ4n) is 2.63. The van der Waals surface area contributed by atoms with Crippen molar-refractivity contribution < 1.29 is 14.3 Å². The van der Waals surface area contributed by atoms with Gasteiger partial charge in [-0.05, 0) is 30.2 Å². The average Bonchev–Trinajstić information content (AvgIpc) is 2.69. The molecule has 132 valence electrons. The fourth-order valence-corrected chi connectivity index (χ4v) is 2.63. The largest absolute Gasteiger partial charge is 0.497 e. The second-order valence-corrected chi connectivity index (χ2v) is 5.70. The van der Waals surface area contributed by atoms with E-state index in [9.17, 15) is 4.79 Å². The first-order valence-electron chi connectivity index (χ1n) is 8.33. The summed E-state index contributed by atoms with van der Waals surface area (Å²) in [6.45, 7) is 3.31. The molecule has 0 saturated carbocycles. The van der Waals surface area contributed by atoms with Crippen LogP contribution in [0.15, 0.2) is 36.5 Å². The van der Waals surface area contributed by atoms with E-state index >= 15 is 0 Å². The van der Waals surface area contributed by atoms with E-state index < -0.39 is 0 Å². The van der Waals surface area contributed by atoms with Crippen molar-refractivity contribution in [3.63, 3.8) is 0 Å². The summed E-state index contributed by atoms with van der Waals surface area (Å²) in [6, 6.07) is 9.44. The molecule has 1 aliphatic heterocycles. The van der Waals surface area contributed by atoms with Gasteiger partial charge in [-0.1, -0.05) is 12.1 Å². The van der Waals surface area contributed by atoms with Crippen LogP contribution in [0, 0.1) is 0 Å². The van der Waals surface area contributed by atoms with Crippen LogP contribution >= 0.6 is 0 Å². The molecule has 1 fully saturated rings. The minimum atomic E-state index is -0.195. The van der Waals surface area contributed by atoms with Crippen LogP contribution in [0.2, 0.25) is 0 Å². The molecule has 0 spiro atoms. The highest BCUT2D eigenvalue weighted by atomic mass is 16.5. The van der Waals surface area contributed by atoms with Gasteiger partial charge in [0.2, 0.25) is 5.95 Å². The summed E-state index contributed by atoms with van der Waals surface area (Å²) in [5, 5.41) is 2.90. The van der Waals surface area contributed by atoms with E-state index in [-0.39, 0.29) is 5.91 Å². The van der Waals surface area contributed by atoms with Crippen LogP contribution in [0.25, 0.3) is 0 Å². The quantitative estimate of drug-likeness (QED) is 0.853. The van der Waals surface area contributed by atoms with Crippen LogP contribution in [-0.2, 0) is 11.2 Å². The van der Waals surface area contributed by atoms with E-state index in [0.29, 0.717) is 31.4 Å². The van der Waals surface area contributed by atoms with Crippen molar-refractivity contribution >= 4 is 11.9 Å². The lowest BCUT2D eigenvalue weighted by Gasteiger charge is -2.26. The molecule has 0 atom stereocenters. The Balaban J connectivity index is 1.55. The maximum absolute atomic E-state index is 12.3. The number of hydrogen-bond acceptors (Lipinski definition) is 6. The Morgan fingerprint density at radius 1 is 1.32 bits per heavy atom. The minimum Gasteiger partial charge on any atom is -0.497 e. The number of carbonyl (C=O) groups is 1. The molecule has 1 aromatic carbocycles. The average molecular weight is 342 g/mol. The van der Waals surface area contributed by atoms with Crippen LogP contribution in [0.4, 0.5) is 5.95 Å². The smallest absolute Gasteiger partial charge is 0.270 e. The molecule has 1 aromatic heterocycles. The van der Waals surface area contributed by atoms with Crippen molar-refractivity contribution in [3.05, 3.63) is 47.8 Å². The number of aromatic nitrogens is 2. The van der Waals surface area contributed by atoms with Gasteiger partial charge in [-0.3, -0.25) is 4.79 Å². The predicted octanol–water partition coefficient (Wildman–Crippen LogP) is 1.29. The third-order valence-corrected chi connectivity index (χ3v) is 4.00. The molecule has 0 radical (unpaired) electrons. The summed E-state index contributed by atoms with van der Waals surface area (Å²) >= 11 is 0. The van der Waals surface area contributed by atoms with Crippen LogP contribution in [0.3, 0.4) is 0 Å². The van der Waals surface area contributed by atoms with E-state index in [1.165, 1.54) is 0 Å². The van der Waals surface area contributed by atoms with E-state index in [1.54, 1.807) is 19.4 Å². The maximum atomic E-state index is 12.3. The zero-order valence-corrected chi connectivity index (χ0v) is 14.3. The Labute approximate surface area is 147 Å². The number of morpholine rings is 1. The lowest BCUT2D eigenvalue weighted by Crippen LogP contribution is -2.37. The molecule has 7 heteroatoms.